The molecular formula is C15H18N4O. The lowest BCUT2D eigenvalue weighted by molar-refractivity contribution is 0.0929. The topological polar surface area (TPSA) is 61.0 Å². The van der Waals surface area contributed by atoms with Crippen molar-refractivity contribution in [2.45, 2.75) is 31.3 Å². The van der Waals surface area contributed by atoms with E-state index in [2.05, 4.69) is 20.2 Å². The van der Waals surface area contributed by atoms with Gasteiger partial charge < -0.3 is 10.3 Å². The summed E-state index contributed by atoms with van der Waals surface area (Å²) in [5, 5.41) is 3.21. The molecule has 3 heterocycles. The highest BCUT2D eigenvalue weighted by Crippen LogP contribution is 2.28. The molecule has 2 fully saturated rings. The normalized spacial score (nSPS) is 26.0. The van der Waals surface area contributed by atoms with E-state index in [-0.39, 0.29) is 5.91 Å². The van der Waals surface area contributed by atoms with E-state index in [0.29, 0.717) is 17.6 Å². The maximum absolute atomic E-state index is 12.4. The summed E-state index contributed by atoms with van der Waals surface area (Å²) in [6, 6.07) is 6.47. The molecule has 0 bridgehead atoms. The van der Waals surface area contributed by atoms with Crippen LogP contribution in [0.25, 0.3) is 11.0 Å². The summed E-state index contributed by atoms with van der Waals surface area (Å²) in [5.74, 6) is 0.0280. The number of carbonyl (C=O) groups excluding carboxylic acids is 1. The Bertz CT molecular complexity index is 650. The zero-order chi connectivity index (χ0) is 13.5. The van der Waals surface area contributed by atoms with Gasteiger partial charge in [-0.1, -0.05) is 0 Å². The van der Waals surface area contributed by atoms with Gasteiger partial charge in [0.1, 0.15) is 0 Å². The molecule has 0 radical (unpaired) electrons. The molecular weight excluding hydrogens is 252 g/mol. The Balaban J connectivity index is 1.52. The molecule has 0 spiro atoms. The summed E-state index contributed by atoms with van der Waals surface area (Å²) >= 11 is 0. The number of fused-ring (bicyclic) bond motifs is 2. The van der Waals surface area contributed by atoms with Crippen molar-refractivity contribution in [3.05, 3.63) is 30.1 Å². The number of carbonyl (C=O) groups is 1. The number of benzene rings is 1. The summed E-state index contributed by atoms with van der Waals surface area (Å²) in [6.45, 7) is 2.31. The zero-order valence-electron chi connectivity index (χ0n) is 11.3. The lowest BCUT2D eigenvalue weighted by Crippen LogP contribution is -2.42. The van der Waals surface area contributed by atoms with Gasteiger partial charge in [0.15, 0.2) is 0 Å². The summed E-state index contributed by atoms with van der Waals surface area (Å²) in [7, 11) is 0. The molecule has 4 rings (SSSR count). The van der Waals surface area contributed by atoms with Crippen molar-refractivity contribution >= 4 is 16.9 Å². The van der Waals surface area contributed by atoms with Gasteiger partial charge in [0.25, 0.3) is 5.91 Å². The summed E-state index contributed by atoms with van der Waals surface area (Å²) in [6.07, 6.45) is 5.20. The first-order valence-electron chi connectivity index (χ1n) is 7.29. The van der Waals surface area contributed by atoms with Gasteiger partial charge in [0.2, 0.25) is 0 Å². The van der Waals surface area contributed by atoms with Crippen molar-refractivity contribution in [2.75, 3.05) is 13.1 Å². The minimum Gasteiger partial charge on any atom is -0.348 e. The van der Waals surface area contributed by atoms with Gasteiger partial charge in [-0.15, -0.1) is 0 Å². The predicted molar refractivity (Wildman–Crippen MR) is 76.6 cm³/mol. The third-order valence-corrected chi connectivity index (χ3v) is 4.60. The molecule has 0 saturated carbocycles. The summed E-state index contributed by atoms with van der Waals surface area (Å²) in [4.78, 5) is 22.1. The Morgan fingerprint density at radius 2 is 2.30 bits per heavy atom. The maximum Gasteiger partial charge on any atom is 0.251 e. The maximum atomic E-state index is 12.4. The van der Waals surface area contributed by atoms with Gasteiger partial charge in [-0.2, -0.15) is 0 Å². The lowest BCUT2D eigenvalue weighted by atomic mass is 10.1. The standard InChI is InChI=1S/C15H18N4O/c20-15(10-3-4-11-13(8-10)17-9-16-11)18-12-5-7-19-6-1-2-14(12)19/h3-4,8-9,12,14H,1-2,5-7H2,(H,16,17)(H,18,20). The second-order valence-electron chi connectivity index (χ2n) is 5.75. The van der Waals surface area contributed by atoms with Crippen molar-refractivity contribution in [2.24, 2.45) is 0 Å². The Morgan fingerprint density at radius 1 is 1.35 bits per heavy atom. The van der Waals surface area contributed by atoms with Gasteiger partial charge in [0, 0.05) is 24.2 Å². The van der Waals surface area contributed by atoms with Crippen LogP contribution in [0.3, 0.4) is 0 Å². The molecule has 2 saturated heterocycles. The van der Waals surface area contributed by atoms with Crippen molar-refractivity contribution < 1.29 is 4.79 Å². The number of nitrogens with one attached hydrogen (secondary N) is 2. The van der Waals surface area contributed by atoms with E-state index >= 15 is 0 Å². The summed E-state index contributed by atoms with van der Waals surface area (Å²) < 4.78 is 0. The minimum atomic E-state index is 0.0280. The number of aromatic nitrogens is 2. The van der Waals surface area contributed by atoms with Crippen LogP contribution in [0.5, 0.6) is 0 Å². The van der Waals surface area contributed by atoms with Gasteiger partial charge in [0.05, 0.1) is 17.4 Å². The first-order chi connectivity index (χ1) is 9.81. The monoisotopic (exact) mass is 270 g/mol. The highest BCUT2D eigenvalue weighted by molar-refractivity contribution is 5.97. The third-order valence-electron chi connectivity index (χ3n) is 4.60. The fourth-order valence-electron chi connectivity index (χ4n) is 3.58. The molecule has 2 aromatic rings. The number of imidazole rings is 1. The molecule has 2 unspecified atom stereocenters. The van der Waals surface area contributed by atoms with Crippen LogP contribution in [0, 0.1) is 0 Å². The Kier molecular flexibility index (Phi) is 2.73. The number of hydrogen-bond donors (Lipinski definition) is 2. The number of amides is 1. The number of hydrogen-bond acceptors (Lipinski definition) is 3. The van der Waals surface area contributed by atoms with Crippen LogP contribution in [0.1, 0.15) is 29.6 Å². The molecule has 1 amide bonds. The van der Waals surface area contributed by atoms with Crippen LogP contribution in [0.15, 0.2) is 24.5 Å². The van der Waals surface area contributed by atoms with E-state index in [0.717, 1.165) is 24.0 Å². The largest absolute Gasteiger partial charge is 0.348 e. The first kappa shape index (κ1) is 11.9. The number of aromatic amines is 1. The average Bonchev–Trinajstić information content (AvgIpc) is 3.14. The SMILES string of the molecule is O=C(NC1CCN2CCCC12)c1ccc2nc[nH]c2c1. The molecule has 1 aromatic carbocycles. The fraction of sp³-hybridized carbons (Fsp3) is 0.467. The molecule has 2 aliphatic heterocycles. The smallest absolute Gasteiger partial charge is 0.251 e. The van der Waals surface area contributed by atoms with E-state index in [9.17, 15) is 4.79 Å². The molecule has 2 N–H and O–H groups in total. The highest BCUT2D eigenvalue weighted by Gasteiger charge is 2.37. The second-order valence-corrected chi connectivity index (χ2v) is 5.75. The van der Waals surface area contributed by atoms with Crippen molar-refractivity contribution in [3.8, 4) is 0 Å². The molecule has 104 valence electrons. The van der Waals surface area contributed by atoms with E-state index < -0.39 is 0 Å². The van der Waals surface area contributed by atoms with Gasteiger partial charge >= 0.3 is 0 Å². The van der Waals surface area contributed by atoms with E-state index in [1.54, 1.807) is 6.33 Å². The molecule has 1 aromatic heterocycles. The Labute approximate surface area is 117 Å². The van der Waals surface area contributed by atoms with Crippen LogP contribution in [-0.4, -0.2) is 45.9 Å². The number of nitrogens with zero attached hydrogens (tertiary/aromatic N) is 2. The van der Waals surface area contributed by atoms with Crippen molar-refractivity contribution in [1.82, 2.24) is 20.2 Å². The van der Waals surface area contributed by atoms with Crippen LogP contribution in [0.4, 0.5) is 0 Å². The Morgan fingerprint density at radius 3 is 3.25 bits per heavy atom. The van der Waals surface area contributed by atoms with E-state index in [1.807, 2.05) is 18.2 Å². The minimum absolute atomic E-state index is 0.0280. The lowest BCUT2D eigenvalue weighted by Gasteiger charge is -2.21. The highest BCUT2D eigenvalue weighted by atomic mass is 16.1. The van der Waals surface area contributed by atoms with E-state index in [1.165, 1.54) is 19.4 Å². The van der Waals surface area contributed by atoms with Crippen molar-refractivity contribution in [1.29, 1.82) is 0 Å². The number of H-pyrrole nitrogens is 1. The van der Waals surface area contributed by atoms with E-state index in [4.69, 9.17) is 0 Å². The second kappa shape index (κ2) is 4.59. The quantitative estimate of drug-likeness (QED) is 0.870. The fourth-order valence-corrected chi connectivity index (χ4v) is 3.58. The first-order valence-corrected chi connectivity index (χ1v) is 7.29. The van der Waals surface area contributed by atoms with Crippen molar-refractivity contribution in [3.63, 3.8) is 0 Å². The molecule has 5 heteroatoms. The molecule has 2 atom stereocenters. The Hall–Kier alpha value is -1.88. The molecule has 2 aliphatic rings. The van der Waals surface area contributed by atoms with Gasteiger partial charge in [-0.05, 0) is 44.0 Å². The van der Waals surface area contributed by atoms with Crippen LogP contribution in [-0.2, 0) is 0 Å². The molecule has 5 nitrogen and oxygen atoms in total. The van der Waals surface area contributed by atoms with Crippen LogP contribution >= 0.6 is 0 Å². The molecule has 0 aliphatic carbocycles. The van der Waals surface area contributed by atoms with Crippen LogP contribution < -0.4 is 5.32 Å². The third kappa shape index (κ3) is 1.89. The van der Waals surface area contributed by atoms with Crippen LogP contribution in [0.2, 0.25) is 0 Å². The predicted octanol–water partition coefficient (Wildman–Crippen LogP) is 1.53. The number of rotatable bonds is 2. The summed E-state index contributed by atoms with van der Waals surface area (Å²) in [5.41, 5.74) is 2.51. The average molecular weight is 270 g/mol. The van der Waals surface area contributed by atoms with Gasteiger partial charge in [-0.3, -0.25) is 9.69 Å². The molecule has 20 heavy (non-hydrogen) atoms. The van der Waals surface area contributed by atoms with Gasteiger partial charge in [-0.25, -0.2) is 4.98 Å². The zero-order valence-corrected chi connectivity index (χ0v) is 11.3.